The number of aromatic amines is 1. The van der Waals surface area contributed by atoms with E-state index in [-0.39, 0.29) is 11.5 Å². The summed E-state index contributed by atoms with van der Waals surface area (Å²) in [6.07, 6.45) is 0. The van der Waals surface area contributed by atoms with E-state index < -0.39 is 5.56 Å². The highest BCUT2D eigenvalue weighted by molar-refractivity contribution is 5.69. The van der Waals surface area contributed by atoms with Gasteiger partial charge in [0, 0.05) is 31.0 Å². The highest BCUT2D eigenvalue weighted by Crippen LogP contribution is 2.24. The molecule has 7 heteroatoms. The minimum Gasteiger partial charge on any atom is -0.497 e. The largest absolute Gasteiger partial charge is 0.497 e. The minimum absolute atomic E-state index is 0.0345. The quantitative estimate of drug-likeness (QED) is 0.725. The summed E-state index contributed by atoms with van der Waals surface area (Å²) in [6, 6.07) is 16.7. The molecule has 27 heavy (non-hydrogen) atoms. The van der Waals surface area contributed by atoms with Crippen LogP contribution in [0.5, 0.6) is 5.75 Å². The Kier molecular flexibility index (Phi) is 5.08. The van der Waals surface area contributed by atoms with Gasteiger partial charge in [-0.15, -0.1) is 0 Å². The first-order chi connectivity index (χ1) is 13.0. The van der Waals surface area contributed by atoms with Crippen LogP contribution < -0.4 is 20.5 Å². The van der Waals surface area contributed by atoms with Gasteiger partial charge in [0.05, 0.1) is 12.8 Å². The van der Waals surface area contributed by atoms with Gasteiger partial charge >= 0.3 is 0 Å². The molecule has 0 bridgehead atoms. The van der Waals surface area contributed by atoms with E-state index in [0.29, 0.717) is 17.0 Å². The molecule has 0 radical (unpaired) electrons. The number of ether oxygens (including phenoxy) is 1. The van der Waals surface area contributed by atoms with Crippen LogP contribution in [-0.2, 0) is 0 Å². The van der Waals surface area contributed by atoms with Crippen LogP contribution in [0.25, 0.3) is 11.3 Å². The van der Waals surface area contributed by atoms with Gasteiger partial charge in [-0.2, -0.15) is 5.26 Å². The van der Waals surface area contributed by atoms with Gasteiger partial charge in [-0.25, -0.2) is 4.98 Å². The SMILES string of the molecule is COc1ccc(-c2nc(Nc3cccc(N(C)C)c3)[nH]c(=O)c2C#N)cc1. The van der Waals surface area contributed by atoms with E-state index in [1.165, 1.54) is 0 Å². The van der Waals surface area contributed by atoms with Gasteiger partial charge in [0.15, 0.2) is 0 Å². The van der Waals surface area contributed by atoms with Crippen LogP contribution in [-0.4, -0.2) is 31.2 Å². The molecule has 0 fully saturated rings. The Hall–Kier alpha value is -3.79. The van der Waals surface area contributed by atoms with Crippen molar-refractivity contribution in [3.05, 3.63) is 64.4 Å². The summed E-state index contributed by atoms with van der Waals surface area (Å²) in [5.74, 6) is 0.946. The highest BCUT2D eigenvalue weighted by Gasteiger charge is 2.14. The molecule has 2 N–H and O–H groups in total. The molecule has 0 saturated heterocycles. The second kappa shape index (κ2) is 7.62. The van der Waals surface area contributed by atoms with Gasteiger partial charge in [-0.05, 0) is 42.5 Å². The monoisotopic (exact) mass is 361 g/mol. The topological polar surface area (TPSA) is 94.0 Å². The molecule has 1 heterocycles. The van der Waals surface area contributed by atoms with Crippen molar-refractivity contribution in [2.24, 2.45) is 0 Å². The molecule has 1 aromatic heterocycles. The molecular formula is C20H19N5O2. The van der Waals surface area contributed by atoms with Crippen LogP contribution in [0.2, 0.25) is 0 Å². The smallest absolute Gasteiger partial charge is 0.270 e. The molecule has 136 valence electrons. The molecule has 0 saturated carbocycles. The lowest BCUT2D eigenvalue weighted by Crippen LogP contribution is -2.16. The minimum atomic E-state index is -0.496. The Bertz CT molecular complexity index is 1050. The van der Waals surface area contributed by atoms with E-state index in [9.17, 15) is 10.1 Å². The van der Waals surface area contributed by atoms with Gasteiger partial charge in [0.1, 0.15) is 17.4 Å². The van der Waals surface area contributed by atoms with Crippen LogP contribution in [0.1, 0.15) is 5.56 Å². The number of nitrogens with zero attached hydrogens (tertiary/aromatic N) is 3. The zero-order chi connectivity index (χ0) is 19.4. The number of hydrogen-bond donors (Lipinski definition) is 2. The average molecular weight is 361 g/mol. The van der Waals surface area contributed by atoms with E-state index in [2.05, 4.69) is 15.3 Å². The Morgan fingerprint density at radius 1 is 1.19 bits per heavy atom. The Morgan fingerprint density at radius 3 is 2.56 bits per heavy atom. The van der Waals surface area contributed by atoms with Crippen molar-refractivity contribution >= 4 is 17.3 Å². The molecule has 0 aliphatic carbocycles. The second-order valence-corrected chi connectivity index (χ2v) is 6.05. The van der Waals surface area contributed by atoms with E-state index in [1.807, 2.05) is 49.3 Å². The number of H-pyrrole nitrogens is 1. The number of hydrogen-bond acceptors (Lipinski definition) is 6. The van der Waals surface area contributed by atoms with Crippen molar-refractivity contribution in [2.45, 2.75) is 0 Å². The molecule has 3 rings (SSSR count). The maximum absolute atomic E-state index is 12.4. The van der Waals surface area contributed by atoms with E-state index in [4.69, 9.17) is 4.74 Å². The zero-order valence-electron chi connectivity index (χ0n) is 15.3. The number of benzene rings is 2. The van der Waals surface area contributed by atoms with Crippen molar-refractivity contribution in [1.29, 1.82) is 5.26 Å². The van der Waals surface area contributed by atoms with Gasteiger partial charge in [0.25, 0.3) is 5.56 Å². The molecule has 3 aromatic rings. The molecular weight excluding hydrogens is 342 g/mol. The van der Waals surface area contributed by atoms with Crippen molar-refractivity contribution < 1.29 is 4.74 Å². The van der Waals surface area contributed by atoms with Gasteiger partial charge < -0.3 is 15.0 Å². The number of rotatable bonds is 5. The lowest BCUT2D eigenvalue weighted by atomic mass is 10.1. The fourth-order valence-corrected chi connectivity index (χ4v) is 2.59. The standard InChI is InChI=1S/C20H19N5O2/c1-25(2)15-6-4-5-14(11-15)22-20-23-18(17(12-21)19(26)24-20)13-7-9-16(27-3)10-8-13/h4-11H,1-3H3,(H2,22,23,24,26). The van der Waals surface area contributed by atoms with Crippen LogP contribution in [0.15, 0.2) is 53.3 Å². The molecule has 0 unspecified atom stereocenters. The third-order valence-corrected chi connectivity index (χ3v) is 4.02. The third kappa shape index (κ3) is 3.90. The first kappa shape index (κ1) is 18.0. The number of anilines is 3. The first-order valence-electron chi connectivity index (χ1n) is 8.25. The highest BCUT2D eigenvalue weighted by atomic mass is 16.5. The van der Waals surface area contributed by atoms with Gasteiger partial charge in [0.2, 0.25) is 5.95 Å². The summed E-state index contributed by atoms with van der Waals surface area (Å²) in [7, 11) is 5.47. The Balaban J connectivity index is 2.03. The summed E-state index contributed by atoms with van der Waals surface area (Å²) in [5.41, 5.74) is 2.22. The molecule has 0 aliphatic rings. The van der Waals surface area contributed by atoms with Crippen molar-refractivity contribution in [3.8, 4) is 23.1 Å². The maximum Gasteiger partial charge on any atom is 0.270 e. The van der Waals surface area contributed by atoms with Crippen molar-refractivity contribution in [2.75, 3.05) is 31.4 Å². The first-order valence-corrected chi connectivity index (χ1v) is 8.25. The van der Waals surface area contributed by atoms with Crippen LogP contribution >= 0.6 is 0 Å². The van der Waals surface area contributed by atoms with E-state index in [1.54, 1.807) is 31.4 Å². The fraction of sp³-hybridized carbons (Fsp3) is 0.150. The molecule has 7 nitrogen and oxygen atoms in total. The third-order valence-electron chi connectivity index (χ3n) is 4.02. The normalized spacial score (nSPS) is 10.1. The number of aromatic nitrogens is 2. The summed E-state index contributed by atoms with van der Waals surface area (Å²) in [5, 5.41) is 12.5. The van der Waals surface area contributed by atoms with Crippen molar-refractivity contribution in [3.63, 3.8) is 0 Å². The number of nitriles is 1. The molecule has 2 aromatic carbocycles. The molecule has 0 amide bonds. The van der Waals surface area contributed by atoms with Gasteiger partial charge in [-0.3, -0.25) is 9.78 Å². The lowest BCUT2D eigenvalue weighted by molar-refractivity contribution is 0.415. The zero-order valence-corrected chi connectivity index (χ0v) is 15.3. The summed E-state index contributed by atoms with van der Waals surface area (Å²) in [6.45, 7) is 0. The van der Waals surface area contributed by atoms with Gasteiger partial charge in [-0.1, -0.05) is 6.07 Å². The summed E-state index contributed by atoms with van der Waals surface area (Å²) < 4.78 is 5.15. The second-order valence-electron chi connectivity index (χ2n) is 6.05. The molecule has 0 aliphatic heterocycles. The van der Waals surface area contributed by atoms with E-state index >= 15 is 0 Å². The van der Waals surface area contributed by atoms with Crippen LogP contribution in [0.3, 0.4) is 0 Å². The van der Waals surface area contributed by atoms with Crippen molar-refractivity contribution in [1.82, 2.24) is 9.97 Å². The molecule has 0 atom stereocenters. The Morgan fingerprint density at radius 2 is 1.93 bits per heavy atom. The predicted molar refractivity (Wildman–Crippen MR) is 106 cm³/mol. The average Bonchev–Trinajstić information content (AvgIpc) is 2.68. The Labute approximate surface area is 156 Å². The van der Waals surface area contributed by atoms with E-state index in [0.717, 1.165) is 11.4 Å². The van der Waals surface area contributed by atoms with Crippen LogP contribution in [0, 0.1) is 11.3 Å². The fourth-order valence-electron chi connectivity index (χ4n) is 2.59. The molecule has 0 spiro atoms. The summed E-state index contributed by atoms with van der Waals surface area (Å²) in [4.78, 5) is 21.4. The predicted octanol–water partition coefficient (Wildman–Crippen LogP) is 3.13. The summed E-state index contributed by atoms with van der Waals surface area (Å²) >= 11 is 0. The van der Waals surface area contributed by atoms with Crippen LogP contribution in [0.4, 0.5) is 17.3 Å². The number of nitrogens with one attached hydrogen (secondary N) is 2. The lowest BCUT2D eigenvalue weighted by Gasteiger charge is -2.14. The maximum atomic E-state index is 12.4. The number of methoxy groups -OCH3 is 1.